The molecule has 2 aromatic rings. The Labute approximate surface area is 135 Å². The van der Waals surface area contributed by atoms with Gasteiger partial charge in [0.05, 0.1) is 11.9 Å². The van der Waals surface area contributed by atoms with E-state index in [1.54, 1.807) is 11.3 Å². The SMILES string of the molecule is Cc1sc2nc(CN3CCCCCCC3)nc(Cl)c2c1C. The number of nitrogens with zero attached hydrogens (tertiary/aromatic N) is 3. The predicted octanol–water partition coefficient (Wildman–Crippen LogP) is 4.73. The van der Waals surface area contributed by atoms with Gasteiger partial charge in [0.15, 0.2) is 0 Å². The molecular weight excluding hydrogens is 302 g/mol. The number of fused-ring (bicyclic) bond motifs is 1. The number of aromatic nitrogens is 2. The molecule has 0 bridgehead atoms. The largest absolute Gasteiger partial charge is 0.296 e. The zero-order chi connectivity index (χ0) is 14.8. The standard InChI is InChI=1S/C16H22ClN3S/c1-11-12(2)21-16-14(11)15(17)18-13(19-16)10-20-8-6-4-3-5-7-9-20/h3-10H2,1-2H3. The van der Waals surface area contributed by atoms with Crippen molar-refractivity contribution in [1.29, 1.82) is 0 Å². The fourth-order valence-corrected chi connectivity index (χ4v) is 4.42. The van der Waals surface area contributed by atoms with E-state index in [9.17, 15) is 0 Å². The van der Waals surface area contributed by atoms with Gasteiger partial charge in [-0.15, -0.1) is 11.3 Å². The maximum atomic E-state index is 6.39. The van der Waals surface area contributed by atoms with Crippen molar-refractivity contribution in [1.82, 2.24) is 14.9 Å². The van der Waals surface area contributed by atoms with E-state index in [-0.39, 0.29) is 0 Å². The highest BCUT2D eigenvalue weighted by atomic mass is 35.5. The molecule has 0 amide bonds. The molecule has 0 saturated carbocycles. The van der Waals surface area contributed by atoms with Crippen LogP contribution in [0.15, 0.2) is 0 Å². The number of hydrogen-bond donors (Lipinski definition) is 0. The normalized spacial score (nSPS) is 17.9. The summed E-state index contributed by atoms with van der Waals surface area (Å²) in [4.78, 5) is 14.1. The van der Waals surface area contributed by atoms with Gasteiger partial charge in [-0.1, -0.05) is 30.9 Å². The first-order valence-corrected chi connectivity index (χ1v) is 8.99. The fraction of sp³-hybridized carbons (Fsp3) is 0.625. The summed E-state index contributed by atoms with van der Waals surface area (Å²) in [5, 5.41) is 1.65. The Bertz CT molecular complexity index is 630. The first-order chi connectivity index (χ1) is 10.1. The maximum absolute atomic E-state index is 6.39. The lowest BCUT2D eigenvalue weighted by atomic mass is 10.1. The van der Waals surface area contributed by atoms with Gasteiger partial charge < -0.3 is 0 Å². The number of likely N-dealkylation sites (tertiary alicyclic amines) is 1. The molecule has 3 heterocycles. The molecule has 0 atom stereocenters. The first-order valence-electron chi connectivity index (χ1n) is 7.79. The van der Waals surface area contributed by atoms with Crippen LogP contribution in [0.5, 0.6) is 0 Å². The molecule has 21 heavy (non-hydrogen) atoms. The number of hydrogen-bond acceptors (Lipinski definition) is 4. The van der Waals surface area contributed by atoms with Gasteiger partial charge in [-0.05, 0) is 45.3 Å². The minimum Gasteiger partial charge on any atom is -0.296 e. The molecule has 0 radical (unpaired) electrons. The van der Waals surface area contributed by atoms with Gasteiger partial charge in [-0.2, -0.15) is 0 Å². The second kappa shape index (κ2) is 6.59. The lowest BCUT2D eigenvalue weighted by Crippen LogP contribution is -2.27. The predicted molar refractivity (Wildman–Crippen MR) is 90.3 cm³/mol. The second-order valence-corrected chi connectivity index (χ2v) is 7.50. The summed E-state index contributed by atoms with van der Waals surface area (Å²) in [5.41, 5.74) is 1.22. The summed E-state index contributed by atoms with van der Waals surface area (Å²) in [6.07, 6.45) is 6.65. The van der Waals surface area contributed by atoms with Crippen molar-refractivity contribution in [2.24, 2.45) is 0 Å². The van der Waals surface area contributed by atoms with Crippen LogP contribution in [-0.2, 0) is 6.54 Å². The van der Waals surface area contributed by atoms with Gasteiger partial charge in [0.1, 0.15) is 15.8 Å². The van der Waals surface area contributed by atoms with Gasteiger partial charge >= 0.3 is 0 Å². The van der Waals surface area contributed by atoms with Crippen LogP contribution in [0.3, 0.4) is 0 Å². The minimum atomic E-state index is 0.615. The van der Waals surface area contributed by atoms with Crippen molar-refractivity contribution in [2.75, 3.05) is 13.1 Å². The highest BCUT2D eigenvalue weighted by molar-refractivity contribution is 7.18. The van der Waals surface area contributed by atoms with Crippen LogP contribution in [0, 0.1) is 13.8 Å². The molecule has 0 aromatic carbocycles. The Morgan fingerprint density at radius 1 is 1.05 bits per heavy atom. The summed E-state index contributed by atoms with van der Waals surface area (Å²) in [6.45, 7) is 7.35. The lowest BCUT2D eigenvalue weighted by molar-refractivity contribution is 0.235. The topological polar surface area (TPSA) is 29.0 Å². The smallest absolute Gasteiger partial charge is 0.145 e. The van der Waals surface area contributed by atoms with Gasteiger partial charge in [0, 0.05) is 4.88 Å². The molecule has 2 aromatic heterocycles. The van der Waals surface area contributed by atoms with Crippen LogP contribution in [0.25, 0.3) is 10.2 Å². The average molecular weight is 324 g/mol. The van der Waals surface area contributed by atoms with E-state index < -0.39 is 0 Å². The van der Waals surface area contributed by atoms with Crippen LogP contribution < -0.4 is 0 Å². The van der Waals surface area contributed by atoms with Crippen molar-refractivity contribution < 1.29 is 0 Å². The fourth-order valence-electron chi connectivity index (χ4n) is 2.98. The molecule has 3 rings (SSSR count). The van der Waals surface area contributed by atoms with E-state index in [4.69, 9.17) is 16.6 Å². The van der Waals surface area contributed by atoms with Crippen molar-refractivity contribution in [2.45, 2.75) is 52.5 Å². The Hall–Kier alpha value is -0.710. The quantitative estimate of drug-likeness (QED) is 0.748. The molecule has 0 unspecified atom stereocenters. The Morgan fingerprint density at radius 3 is 2.43 bits per heavy atom. The third-order valence-electron chi connectivity index (χ3n) is 4.34. The third kappa shape index (κ3) is 3.38. The summed E-state index contributed by atoms with van der Waals surface area (Å²) in [5.74, 6) is 0.870. The molecule has 1 aliphatic heterocycles. The number of halogens is 1. The van der Waals surface area contributed by atoms with E-state index in [1.807, 2.05) is 0 Å². The number of thiophene rings is 1. The van der Waals surface area contributed by atoms with E-state index in [1.165, 1.54) is 42.5 Å². The molecular formula is C16H22ClN3S. The van der Waals surface area contributed by atoms with Gasteiger partial charge in [-0.3, -0.25) is 4.90 Å². The van der Waals surface area contributed by atoms with Crippen molar-refractivity contribution in [3.05, 3.63) is 21.4 Å². The third-order valence-corrected chi connectivity index (χ3v) is 5.72. The Balaban J connectivity index is 1.83. The molecule has 0 spiro atoms. The van der Waals surface area contributed by atoms with Crippen LogP contribution >= 0.6 is 22.9 Å². The first kappa shape index (κ1) is 15.2. The van der Waals surface area contributed by atoms with E-state index >= 15 is 0 Å². The van der Waals surface area contributed by atoms with Gasteiger partial charge in [-0.25, -0.2) is 9.97 Å². The monoisotopic (exact) mass is 323 g/mol. The summed E-state index contributed by atoms with van der Waals surface area (Å²) in [6, 6.07) is 0. The van der Waals surface area contributed by atoms with E-state index in [0.29, 0.717) is 5.15 Å². The van der Waals surface area contributed by atoms with Crippen molar-refractivity contribution in [3.63, 3.8) is 0 Å². The summed E-state index contributed by atoms with van der Waals surface area (Å²) in [7, 11) is 0. The molecule has 114 valence electrons. The van der Waals surface area contributed by atoms with Crippen LogP contribution in [0.4, 0.5) is 0 Å². The number of rotatable bonds is 2. The molecule has 0 aliphatic carbocycles. The molecule has 1 saturated heterocycles. The van der Waals surface area contributed by atoms with Crippen LogP contribution in [0.1, 0.15) is 48.4 Å². The van der Waals surface area contributed by atoms with Crippen LogP contribution in [0.2, 0.25) is 5.15 Å². The van der Waals surface area contributed by atoms with E-state index in [2.05, 4.69) is 23.7 Å². The Morgan fingerprint density at radius 2 is 1.71 bits per heavy atom. The highest BCUT2D eigenvalue weighted by Gasteiger charge is 2.15. The molecule has 3 nitrogen and oxygen atoms in total. The zero-order valence-electron chi connectivity index (χ0n) is 12.8. The molecule has 1 fully saturated rings. The molecule has 5 heteroatoms. The van der Waals surface area contributed by atoms with E-state index in [0.717, 1.165) is 35.7 Å². The Kier molecular flexibility index (Phi) is 4.77. The molecule has 1 aliphatic rings. The van der Waals surface area contributed by atoms with Gasteiger partial charge in [0.2, 0.25) is 0 Å². The molecule has 0 N–H and O–H groups in total. The second-order valence-electron chi connectivity index (χ2n) is 5.94. The maximum Gasteiger partial charge on any atom is 0.145 e. The van der Waals surface area contributed by atoms with Gasteiger partial charge in [0.25, 0.3) is 0 Å². The lowest BCUT2D eigenvalue weighted by Gasteiger charge is -2.23. The summed E-state index contributed by atoms with van der Waals surface area (Å²) >= 11 is 8.12. The average Bonchev–Trinajstić information content (AvgIpc) is 2.68. The summed E-state index contributed by atoms with van der Waals surface area (Å²) < 4.78 is 0. The van der Waals surface area contributed by atoms with Crippen molar-refractivity contribution in [3.8, 4) is 0 Å². The minimum absolute atomic E-state index is 0.615. The number of aryl methyl sites for hydroxylation is 2. The zero-order valence-corrected chi connectivity index (χ0v) is 14.4. The van der Waals surface area contributed by atoms with Crippen LogP contribution in [-0.4, -0.2) is 28.0 Å². The highest BCUT2D eigenvalue weighted by Crippen LogP contribution is 2.33. The van der Waals surface area contributed by atoms with Crippen molar-refractivity contribution >= 4 is 33.2 Å².